The van der Waals surface area contributed by atoms with Crippen molar-refractivity contribution in [1.29, 1.82) is 5.26 Å². The quantitative estimate of drug-likeness (QED) is 0.626. The smallest absolute Gasteiger partial charge is 0.102 e. The third-order valence-electron chi connectivity index (χ3n) is 1.77. The zero-order valence-corrected chi connectivity index (χ0v) is 7.79. The van der Waals surface area contributed by atoms with Crippen molar-refractivity contribution >= 4 is 11.8 Å². The fourth-order valence-electron chi connectivity index (χ4n) is 0.921. The van der Waals surface area contributed by atoms with Crippen molar-refractivity contribution < 1.29 is 0 Å². The summed E-state index contributed by atoms with van der Waals surface area (Å²) in [6, 6.07) is 2.38. The van der Waals surface area contributed by atoms with Crippen molar-refractivity contribution in [2.45, 2.75) is 38.4 Å². The summed E-state index contributed by atoms with van der Waals surface area (Å²) < 4.78 is -0.102. The van der Waals surface area contributed by atoms with Gasteiger partial charge in [-0.25, -0.2) is 0 Å². The molecule has 0 aromatic carbocycles. The molecule has 0 aromatic heterocycles. The minimum Gasteiger partial charge on any atom is -0.197 e. The first-order chi connectivity index (χ1) is 4.74. The first kappa shape index (κ1) is 9.84. The lowest BCUT2D eigenvalue weighted by atomic mass is 10.1. The van der Waals surface area contributed by atoms with Gasteiger partial charge in [0, 0.05) is 0 Å². The molecule has 0 heterocycles. The molecular weight excluding hydrogens is 142 g/mol. The van der Waals surface area contributed by atoms with Crippen LogP contribution < -0.4 is 0 Å². The first-order valence-electron chi connectivity index (χ1n) is 3.79. The molecule has 0 saturated carbocycles. The molecule has 0 radical (unpaired) electrons. The highest BCUT2D eigenvalue weighted by Gasteiger charge is 2.24. The highest BCUT2D eigenvalue weighted by atomic mass is 32.2. The Morgan fingerprint density at radius 3 is 1.90 bits per heavy atom. The maximum atomic E-state index is 8.84. The van der Waals surface area contributed by atoms with Crippen LogP contribution in [0.25, 0.3) is 0 Å². The maximum absolute atomic E-state index is 8.84. The third kappa shape index (κ3) is 2.22. The molecular formula is C8H15NS. The van der Waals surface area contributed by atoms with E-state index >= 15 is 0 Å². The van der Waals surface area contributed by atoms with Crippen LogP contribution in [0.15, 0.2) is 0 Å². The summed E-state index contributed by atoms with van der Waals surface area (Å²) in [5.41, 5.74) is 0. The Labute approximate surface area is 67.8 Å². The largest absolute Gasteiger partial charge is 0.197 e. The Bertz CT molecular complexity index is 122. The monoisotopic (exact) mass is 157 g/mol. The molecule has 0 aliphatic heterocycles. The Morgan fingerprint density at radius 2 is 1.80 bits per heavy atom. The molecule has 10 heavy (non-hydrogen) atoms. The Balaban J connectivity index is 4.05. The predicted octanol–water partition coefficient (Wildman–Crippen LogP) is 2.82. The van der Waals surface area contributed by atoms with E-state index in [9.17, 15) is 0 Å². The number of hydrogen-bond acceptors (Lipinski definition) is 2. The second-order valence-corrected chi connectivity index (χ2v) is 3.89. The fraction of sp³-hybridized carbons (Fsp3) is 0.875. The Hall–Kier alpha value is -0.160. The highest BCUT2D eigenvalue weighted by molar-refractivity contribution is 8.00. The summed E-state index contributed by atoms with van der Waals surface area (Å²) in [6.45, 7) is 6.26. The lowest BCUT2D eigenvalue weighted by molar-refractivity contribution is 0.672. The molecule has 0 N–H and O–H groups in total. The van der Waals surface area contributed by atoms with Crippen LogP contribution >= 0.6 is 11.8 Å². The number of nitriles is 1. The van der Waals surface area contributed by atoms with E-state index in [1.54, 1.807) is 11.8 Å². The van der Waals surface area contributed by atoms with Crippen LogP contribution in [0.5, 0.6) is 0 Å². The topological polar surface area (TPSA) is 23.8 Å². The van der Waals surface area contributed by atoms with Crippen LogP contribution in [-0.2, 0) is 0 Å². The van der Waals surface area contributed by atoms with E-state index in [2.05, 4.69) is 26.8 Å². The Morgan fingerprint density at radius 1 is 1.30 bits per heavy atom. The van der Waals surface area contributed by atoms with Crippen LogP contribution in [0.3, 0.4) is 0 Å². The first-order valence-corrected chi connectivity index (χ1v) is 4.78. The minimum absolute atomic E-state index is 0.102. The van der Waals surface area contributed by atoms with E-state index < -0.39 is 0 Å². The van der Waals surface area contributed by atoms with Crippen LogP contribution in [-0.4, -0.2) is 10.5 Å². The SMILES string of the molecule is CCSC(C#N)(CC)CC. The van der Waals surface area contributed by atoms with Crippen molar-refractivity contribution in [2.75, 3.05) is 5.75 Å². The van der Waals surface area contributed by atoms with Crippen molar-refractivity contribution in [2.24, 2.45) is 0 Å². The molecule has 0 rings (SSSR count). The molecule has 0 aromatic rings. The van der Waals surface area contributed by atoms with Crippen LogP contribution in [0, 0.1) is 11.3 Å². The fourth-order valence-corrected chi connectivity index (χ4v) is 1.95. The number of thioether (sulfide) groups is 1. The van der Waals surface area contributed by atoms with Crippen LogP contribution in [0.2, 0.25) is 0 Å². The van der Waals surface area contributed by atoms with E-state index in [0.717, 1.165) is 18.6 Å². The van der Waals surface area contributed by atoms with Gasteiger partial charge in [0.25, 0.3) is 0 Å². The number of rotatable bonds is 4. The summed E-state index contributed by atoms with van der Waals surface area (Å²) in [5.74, 6) is 1.04. The molecule has 0 aliphatic rings. The number of hydrogen-bond donors (Lipinski definition) is 0. The van der Waals surface area contributed by atoms with Crippen molar-refractivity contribution in [1.82, 2.24) is 0 Å². The van der Waals surface area contributed by atoms with Gasteiger partial charge in [0.2, 0.25) is 0 Å². The summed E-state index contributed by atoms with van der Waals surface area (Å²) >= 11 is 1.76. The van der Waals surface area contributed by atoms with Gasteiger partial charge in [0.1, 0.15) is 4.75 Å². The second kappa shape index (κ2) is 4.62. The lowest BCUT2D eigenvalue weighted by Gasteiger charge is -2.21. The molecule has 0 spiro atoms. The molecule has 0 atom stereocenters. The predicted molar refractivity (Wildman–Crippen MR) is 47.1 cm³/mol. The molecule has 0 unspecified atom stereocenters. The highest BCUT2D eigenvalue weighted by Crippen LogP contribution is 2.31. The van der Waals surface area contributed by atoms with E-state index in [-0.39, 0.29) is 4.75 Å². The van der Waals surface area contributed by atoms with Gasteiger partial charge < -0.3 is 0 Å². The molecule has 0 bridgehead atoms. The third-order valence-corrected chi connectivity index (χ3v) is 3.28. The Kier molecular flexibility index (Phi) is 4.55. The van der Waals surface area contributed by atoms with Crippen molar-refractivity contribution in [3.05, 3.63) is 0 Å². The molecule has 0 amide bonds. The van der Waals surface area contributed by atoms with Gasteiger partial charge in [-0.3, -0.25) is 0 Å². The van der Waals surface area contributed by atoms with E-state index in [0.29, 0.717) is 0 Å². The molecule has 0 aliphatic carbocycles. The maximum Gasteiger partial charge on any atom is 0.102 e. The average molecular weight is 157 g/mol. The summed E-state index contributed by atoms with van der Waals surface area (Å²) in [6.07, 6.45) is 1.91. The zero-order valence-electron chi connectivity index (χ0n) is 6.98. The summed E-state index contributed by atoms with van der Waals surface area (Å²) in [5, 5.41) is 8.84. The van der Waals surface area contributed by atoms with Crippen molar-refractivity contribution in [3.63, 3.8) is 0 Å². The van der Waals surface area contributed by atoms with Gasteiger partial charge in [-0.05, 0) is 18.6 Å². The standard InChI is InChI=1S/C8H15NS/c1-4-8(5-2,7-9)10-6-3/h4-6H2,1-3H3. The number of nitrogens with zero attached hydrogens (tertiary/aromatic N) is 1. The van der Waals surface area contributed by atoms with Gasteiger partial charge in [0.15, 0.2) is 0 Å². The molecule has 1 nitrogen and oxygen atoms in total. The zero-order chi connectivity index (χ0) is 8.04. The summed E-state index contributed by atoms with van der Waals surface area (Å²) in [7, 11) is 0. The van der Waals surface area contributed by atoms with E-state index in [1.165, 1.54) is 0 Å². The molecule has 0 fully saturated rings. The van der Waals surface area contributed by atoms with Gasteiger partial charge in [-0.1, -0.05) is 20.8 Å². The minimum atomic E-state index is -0.102. The lowest BCUT2D eigenvalue weighted by Crippen LogP contribution is -2.19. The average Bonchev–Trinajstić information content (AvgIpc) is 2.01. The van der Waals surface area contributed by atoms with Crippen LogP contribution in [0.1, 0.15) is 33.6 Å². The second-order valence-electron chi connectivity index (χ2n) is 2.25. The van der Waals surface area contributed by atoms with Gasteiger partial charge >= 0.3 is 0 Å². The van der Waals surface area contributed by atoms with Crippen molar-refractivity contribution in [3.8, 4) is 6.07 Å². The summed E-state index contributed by atoms with van der Waals surface area (Å²) in [4.78, 5) is 0. The van der Waals surface area contributed by atoms with E-state index in [1.807, 2.05) is 0 Å². The van der Waals surface area contributed by atoms with Gasteiger partial charge in [-0.2, -0.15) is 5.26 Å². The molecule has 58 valence electrons. The van der Waals surface area contributed by atoms with Gasteiger partial charge in [0.05, 0.1) is 6.07 Å². The molecule has 2 heteroatoms. The van der Waals surface area contributed by atoms with Gasteiger partial charge in [-0.15, -0.1) is 11.8 Å². The van der Waals surface area contributed by atoms with Crippen LogP contribution in [0.4, 0.5) is 0 Å². The van der Waals surface area contributed by atoms with E-state index in [4.69, 9.17) is 5.26 Å². The normalized spacial score (nSPS) is 11.0. The molecule has 0 saturated heterocycles.